The van der Waals surface area contributed by atoms with Crippen molar-refractivity contribution in [1.82, 2.24) is 10.2 Å². The molecule has 6 heteroatoms. The lowest BCUT2D eigenvalue weighted by Gasteiger charge is -2.31. The van der Waals surface area contributed by atoms with Gasteiger partial charge in [0, 0.05) is 12.1 Å². The van der Waals surface area contributed by atoms with Crippen LogP contribution >= 0.6 is 23.2 Å². The van der Waals surface area contributed by atoms with E-state index in [1.165, 1.54) is 11.1 Å². The molecule has 1 aromatic carbocycles. The van der Waals surface area contributed by atoms with Crippen LogP contribution in [0.15, 0.2) is 24.3 Å². The molecule has 0 radical (unpaired) electrons. The highest BCUT2D eigenvalue weighted by atomic mass is 35.5. The molecular formula is C18H21Cl2N3O. The molecule has 128 valence electrons. The van der Waals surface area contributed by atoms with Gasteiger partial charge >= 0.3 is 0 Å². The molecule has 2 heterocycles. The predicted molar refractivity (Wildman–Crippen MR) is 97.9 cm³/mol. The second kappa shape index (κ2) is 7.68. The summed E-state index contributed by atoms with van der Waals surface area (Å²) in [5.74, 6) is 0. The number of aromatic nitrogens is 2. The van der Waals surface area contributed by atoms with E-state index >= 15 is 0 Å². The molecule has 1 aromatic heterocycles. The van der Waals surface area contributed by atoms with Crippen LogP contribution in [0.1, 0.15) is 42.1 Å². The highest BCUT2D eigenvalue weighted by molar-refractivity contribution is 6.34. The van der Waals surface area contributed by atoms with E-state index in [9.17, 15) is 0 Å². The molecule has 1 N–H and O–H groups in total. The van der Waals surface area contributed by atoms with E-state index in [0.717, 1.165) is 30.5 Å². The molecular weight excluding hydrogens is 345 g/mol. The third kappa shape index (κ3) is 4.00. The minimum atomic E-state index is 0.132. The van der Waals surface area contributed by atoms with Gasteiger partial charge in [0.25, 0.3) is 0 Å². The maximum Gasteiger partial charge on any atom is 0.175 e. The normalized spacial score (nSPS) is 20.8. The number of nitrogens with one attached hydrogen (secondary N) is 1. The molecule has 2 aromatic rings. The smallest absolute Gasteiger partial charge is 0.175 e. The van der Waals surface area contributed by atoms with E-state index in [-0.39, 0.29) is 12.2 Å². The molecule has 0 spiro atoms. The maximum atomic E-state index is 6.27. The molecule has 0 amide bonds. The summed E-state index contributed by atoms with van der Waals surface area (Å²) in [6.45, 7) is 4.64. The second-order valence-electron chi connectivity index (χ2n) is 6.25. The first kappa shape index (κ1) is 17.5. The van der Waals surface area contributed by atoms with Gasteiger partial charge in [-0.2, -0.15) is 0 Å². The van der Waals surface area contributed by atoms with Crippen LogP contribution in [0, 0.1) is 13.8 Å². The molecule has 0 saturated carbocycles. The summed E-state index contributed by atoms with van der Waals surface area (Å²) >= 11 is 12.1. The Balaban J connectivity index is 1.64. The molecule has 2 atom stereocenters. The Morgan fingerprint density at radius 3 is 2.54 bits per heavy atom. The van der Waals surface area contributed by atoms with Gasteiger partial charge in [0.05, 0.1) is 17.9 Å². The number of hydrogen-bond acceptors (Lipinski definition) is 4. The van der Waals surface area contributed by atoms with Crippen LogP contribution in [0.25, 0.3) is 0 Å². The molecule has 4 nitrogen and oxygen atoms in total. The summed E-state index contributed by atoms with van der Waals surface area (Å²) in [6, 6.07) is 8.58. The van der Waals surface area contributed by atoms with Gasteiger partial charge in [-0.05, 0) is 38.7 Å². The topological polar surface area (TPSA) is 47.0 Å². The molecule has 3 rings (SSSR count). The number of aryl methyl sites for hydroxylation is 1. The quantitative estimate of drug-likeness (QED) is 0.816. The predicted octanol–water partition coefficient (Wildman–Crippen LogP) is 5.12. The Hall–Kier alpha value is -1.36. The van der Waals surface area contributed by atoms with Gasteiger partial charge < -0.3 is 10.1 Å². The molecule has 2 unspecified atom stereocenters. The van der Waals surface area contributed by atoms with Gasteiger partial charge in [-0.3, -0.25) is 0 Å². The van der Waals surface area contributed by atoms with Crippen molar-refractivity contribution in [2.45, 2.75) is 45.3 Å². The lowest BCUT2D eigenvalue weighted by atomic mass is 9.97. The molecule has 0 aliphatic carbocycles. The standard InChI is InChI=1S/C18H21Cl2N3O/c1-11-6-8-13(9-7-11)15-5-3-4-14(24-15)10-21-16-12(2)17(19)22-23-18(16)20/h6-9,14-15H,3-5,10H2,1-2H3,(H,21,22). The van der Waals surface area contributed by atoms with E-state index in [1.54, 1.807) is 0 Å². The van der Waals surface area contributed by atoms with Gasteiger partial charge in [0.15, 0.2) is 10.3 Å². The van der Waals surface area contributed by atoms with Crippen LogP contribution in [-0.4, -0.2) is 22.8 Å². The first-order valence-electron chi connectivity index (χ1n) is 8.18. The number of rotatable bonds is 4. The summed E-state index contributed by atoms with van der Waals surface area (Å²) in [5, 5.41) is 11.7. The monoisotopic (exact) mass is 365 g/mol. The molecule has 24 heavy (non-hydrogen) atoms. The minimum absolute atomic E-state index is 0.132. The van der Waals surface area contributed by atoms with Crippen LogP contribution in [-0.2, 0) is 4.74 Å². The van der Waals surface area contributed by atoms with Crippen molar-refractivity contribution >= 4 is 28.9 Å². The molecule has 1 fully saturated rings. The Bertz CT molecular complexity index is 706. The van der Waals surface area contributed by atoms with Gasteiger partial charge in [-0.25, -0.2) is 0 Å². The number of ether oxygens (including phenoxy) is 1. The number of nitrogens with zero attached hydrogens (tertiary/aromatic N) is 2. The van der Waals surface area contributed by atoms with Gasteiger partial charge in [0.1, 0.15) is 0 Å². The molecule has 1 aliphatic heterocycles. The zero-order chi connectivity index (χ0) is 17.1. The van der Waals surface area contributed by atoms with Crippen molar-refractivity contribution in [3.8, 4) is 0 Å². The number of anilines is 1. The number of benzene rings is 1. The van der Waals surface area contributed by atoms with E-state index in [1.807, 2.05) is 6.92 Å². The minimum Gasteiger partial charge on any atom is -0.380 e. The van der Waals surface area contributed by atoms with E-state index < -0.39 is 0 Å². The Kier molecular flexibility index (Phi) is 5.59. The third-order valence-corrected chi connectivity index (χ3v) is 5.04. The Labute approximate surface area is 152 Å². The number of hydrogen-bond donors (Lipinski definition) is 1. The van der Waals surface area contributed by atoms with Crippen LogP contribution in [0.2, 0.25) is 10.3 Å². The van der Waals surface area contributed by atoms with Crippen LogP contribution in [0.3, 0.4) is 0 Å². The lowest BCUT2D eigenvalue weighted by molar-refractivity contribution is -0.0442. The lowest BCUT2D eigenvalue weighted by Crippen LogP contribution is -2.29. The zero-order valence-corrected chi connectivity index (χ0v) is 15.4. The molecule has 0 bridgehead atoms. The van der Waals surface area contributed by atoms with Crippen molar-refractivity contribution in [2.75, 3.05) is 11.9 Å². The van der Waals surface area contributed by atoms with Crippen molar-refractivity contribution in [3.05, 3.63) is 51.3 Å². The summed E-state index contributed by atoms with van der Waals surface area (Å²) in [5.41, 5.74) is 4.05. The Morgan fingerprint density at radius 1 is 1.08 bits per heavy atom. The summed E-state index contributed by atoms with van der Waals surface area (Å²) in [6.07, 6.45) is 3.52. The summed E-state index contributed by atoms with van der Waals surface area (Å²) in [4.78, 5) is 0. The highest BCUT2D eigenvalue weighted by Gasteiger charge is 2.24. The van der Waals surface area contributed by atoms with Gasteiger partial charge in [-0.1, -0.05) is 53.0 Å². The van der Waals surface area contributed by atoms with E-state index in [2.05, 4.69) is 46.7 Å². The SMILES string of the molecule is Cc1ccc(C2CCCC(CNc3c(Cl)nnc(Cl)c3C)O2)cc1. The van der Waals surface area contributed by atoms with Crippen molar-refractivity contribution in [2.24, 2.45) is 0 Å². The summed E-state index contributed by atoms with van der Waals surface area (Å²) < 4.78 is 6.27. The van der Waals surface area contributed by atoms with Crippen LogP contribution in [0.4, 0.5) is 5.69 Å². The first-order chi connectivity index (χ1) is 11.5. The molecule has 1 aliphatic rings. The number of halogens is 2. The fraction of sp³-hybridized carbons (Fsp3) is 0.444. The average molecular weight is 366 g/mol. The largest absolute Gasteiger partial charge is 0.380 e. The van der Waals surface area contributed by atoms with Crippen molar-refractivity contribution in [3.63, 3.8) is 0 Å². The fourth-order valence-electron chi connectivity index (χ4n) is 2.97. The molecule has 1 saturated heterocycles. The maximum absolute atomic E-state index is 6.27. The van der Waals surface area contributed by atoms with Crippen LogP contribution in [0.5, 0.6) is 0 Å². The Morgan fingerprint density at radius 2 is 1.79 bits per heavy atom. The van der Waals surface area contributed by atoms with Crippen molar-refractivity contribution < 1.29 is 4.74 Å². The second-order valence-corrected chi connectivity index (χ2v) is 6.97. The third-order valence-electron chi connectivity index (χ3n) is 4.42. The summed E-state index contributed by atoms with van der Waals surface area (Å²) in [7, 11) is 0. The van der Waals surface area contributed by atoms with Gasteiger partial charge in [-0.15, -0.1) is 10.2 Å². The van der Waals surface area contributed by atoms with E-state index in [4.69, 9.17) is 27.9 Å². The van der Waals surface area contributed by atoms with Crippen LogP contribution < -0.4 is 5.32 Å². The average Bonchev–Trinajstić information content (AvgIpc) is 2.59. The van der Waals surface area contributed by atoms with Gasteiger partial charge in [0.2, 0.25) is 0 Å². The zero-order valence-electron chi connectivity index (χ0n) is 13.9. The first-order valence-corrected chi connectivity index (χ1v) is 8.94. The highest BCUT2D eigenvalue weighted by Crippen LogP contribution is 2.32. The van der Waals surface area contributed by atoms with E-state index in [0.29, 0.717) is 16.9 Å². The van der Waals surface area contributed by atoms with Crippen molar-refractivity contribution in [1.29, 1.82) is 0 Å². The fourth-order valence-corrected chi connectivity index (χ4v) is 3.35.